The highest BCUT2D eigenvalue weighted by Crippen LogP contribution is 2.69. The third-order valence-electron chi connectivity index (χ3n) is 8.09. The van der Waals surface area contributed by atoms with Crippen molar-refractivity contribution in [3.05, 3.63) is 42.7 Å². The Morgan fingerprint density at radius 1 is 1.14 bits per heavy atom. The van der Waals surface area contributed by atoms with Gasteiger partial charge in [-0.2, -0.15) is 5.10 Å². The van der Waals surface area contributed by atoms with Crippen molar-refractivity contribution in [2.45, 2.75) is 44.2 Å². The van der Waals surface area contributed by atoms with Crippen LogP contribution in [0.2, 0.25) is 0 Å². The summed E-state index contributed by atoms with van der Waals surface area (Å²) < 4.78 is 2.07. The minimum atomic E-state index is -0.155. The zero-order valence-electron chi connectivity index (χ0n) is 16.8. The van der Waals surface area contributed by atoms with E-state index in [1.807, 2.05) is 24.7 Å². The molecule has 3 heterocycles. The van der Waals surface area contributed by atoms with E-state index in [9.17, 15) is 4.79 Å². The van der Waals surface area contributed by atoms with Crippen LogP contribution in [0.3, 0.4) is 0 Å². The maximum atomic E-state index is 13.8. The first-order valence-corrected chi connectivity index (χ1v) is 10.9. The predicted molar refractivity (Wildman–Crippen MR) is 107 cm³/mol. The van der Waals surface area contributed by atoms with Gasteiger partial charge in [-0.05, 0) is 56.1 Å². The molecule has 1 amide bonds. The predicted octanol–water partition coefficient (Wildman–Crippen LogP) is 1.92. The van der Waals surface area contributed by atoms with Crippen LogP contribution in [-0.4, -0.2) is 61.6 Å². The topological polar surface area (TPSA) is 67.2 Å². The Morgan fingerprint density at radius 3 is 2.79 bits per heavy atom. The Hall–Kier alpha value is -2.28. The van der Waals surface area contributed by atoms with Crippen LogP contribution >= 0.6 is 0 Å². The van der Waals surface area contributed by atoms with E-state index >= 15 is 0 Å². The van der Waals surface area contributed by atoms with Crippen LogP contribution in [-0.2, 0) is 16.9 Å². The fourth-order valence-corrected chi connectivity index (χ4v) is 7.06. The molecule has 7 nitrogen and oxygen atoms in total. The smallest absolute Gasteiger partial charge is 0.229 e. The molecule has 1 saturated heterocycles. The monoisotopic (exact) mass is 392 g/mol. The summed E-state index contributed by atoms with van der Waals surface area (Å²) in [6.07, 6.45) is 10.9. The van der Waals surface area contributed by atoms with E-state index in [2.05, 4.69) is 35.6 Å². The molecular weight excluding hydrogens is 364 g/mol. The van der Waals surface area contributed by atoms with Crippen molar-refractivity contribution in [3.8, 4) is 0 Å². The number of nitrogens with zero attached hydrogens (tertiary/aromatic N) is 6. The number of pyridine rings is 1. The first-order chi connectivity index (χ1) is 14.2. The first-order valence-electron chi connectivity index (χ1n) is 10.9. The molecule has 2 aromatic rings. The summed E-state index contributed by atoms with van der Waals surface area (Å²) in [6, 6.07) is 6.07. The Morgan fingerprint density at radius 2 is 2.03 bits per heavy atom. The van der Waals surface area contributed by atoms with Gasteiger partial charge in [0.15, 0.2) is 0 Å². The lowest BCUT2D eigenvalue weighted by molar-refractivity contribution is -0.146. The van der Waals surface area contributed by atoms with E-state index in [0.717, 1.165) is 57.7 Å². The van der Waals surface area contributed by atoms with Crippen molar-refractivity contribution in [1.29, 1.82) is 0 Å². The highest BCUT2D eigenvalue weighted by Gasteiger charge is 2.68. The standard InChI is InChI=1S/C22H28N6O/c29-20(27-7-5-26(6-8-27)13-19-3-1-2-4-24-19)22-11-17-9-18(22)12-21(10-17,14-22)28-16-23-15-25-28/h1-4,15-18H,5-14H2. The molecule has 4 unspecified atom stereocenters. The number of aromatic nitrogens is 4. The lowest BCUT2D eigenvalue weighted by Gasteiger charge is -2.43. The van der Waals surface area contributed by atoms with Gasteiger partial charge in [0.05, 0.1) is 16.6 Å². The summed E-state index contributed by atoms with van der Waals surface area (Å²) in [5.74, 6) is 1.61. The van der Waals surface area contributed by atoms with Crippen LogP contribution in [0.5, 0.6) is 0 Å². The molecule has 4 saturated carbocycles. The van der Waals surface area contributed by atoms with E-state index < -0.39 is 0 Å². The summed E-state index contributed by atoms with van der Waals surface area (Å²) in [7, 11) is 0. The molecule has 4 atom stereocenters. The second-order valence-corrected chi connectivity index (χ2v) is 9.70. The molecule has 1 aliphatic heterocycles. The number of hydrogen-bond donors (Lipinski definition) is 0. The highest BCUT2D eigenvalue weighted by atomic mass is 16.2. The Labute approximate surface area is 171 Å². The van der Waals surface area contributed by atoms with Gasteiger partial charge in [0.2, 0.25) is 5.91 Å². The zero-order valence-corrected chi connectivity index (χ0v) is 16.8. The molecule has 0 N–H and O–H groups in total. The van der Waals surface area contributed by atoms with Gasteiger partial charge < -0.3 is 4.90 Å². The molecule has 4 bridgehead atoms. The van der Waals surface area contributed by atoms with Crippen LogP contribution in [0, 0.1) is 17.3 Å². The van der Waals surface area contributed by atoms with Crippen molar-refractivity contribution < 1.29 is 4.79 Å². The van der Waals surface area contributed by atoms with E-state index in [4.69, 9.17) is 0 Å². The third-order valence-corrected chi connectivity index (χ3v) is 8.09. The number of hydrogen-bond acceptors (Lipinski definition) is 5. The average Bonchev–Trinajstić information content (AvgIpc) is 3.42. The maximum absolute atomic E-state index is 13.8. The van der Waals surface area contributed by atoms with Crippen LogP contribution in [0.1, 0.15) is 37.8 Å². The van der Waals surface area contributed by atoms with Gasteiger partial charge in [-0.25, -0.2) is 9.67 Å². The number of carbonyl (C=O) groups is 1. The number of amides is 1. The van der Waals surface area contributed by atoms with Crippen molar-refractivity contribution in [3.63, 3.8) is 0 Å². The fourth-order valence-electron chi connectivity index (χ4n) is 7.06. The van der Waals surface area contributed by atoms with Crippen LogP contribution < -0.4 is 0 Å². The van der Waals surface area contributed by atoms with Gasteiger partial charge >= 0.3 is 0 Å². The Bertz CT molecular complexity index is 893. The second-order valence-electron chi connectivity index (χ2n) is 9.70. The molecule has 0 radical (unpaired) electrons. The number of piperazine rings is 1. The van der Waals surface area contributed by atoms with Gasteiger partial charge in [0.1, 0.15) is 12.7 Å². The van der Waals surface area contributed by atoms with Crippen molar-refractivity contribution in [2.75, 3.05) is 26.2 Å². The zero-order chi connectivity index (χ0) is 19.5. The van der Waals surface area contributed by atoms with Crippen molar-refractivity contribution in [2.24, 2.45) is 17.3 Å². The quantitative estimate of drug-likeness (QED) is 0.795. The summed E-state index contributed by atoms with van der Waals surface area (Å²) in [4.78, 5) is 27.0. The van der Waals surface area contributed by atoms with Crippen LogP contribution in [0.4, 0.5) is 0 Å². The summed E-state index contributed by atoms with van der Waals surface area (Å²) in [5.41, 5.74) is 0.976. The molecule has 4 aliphatic carbocycles. The highest BCUT2D eigenvalue weighted by molar-refractivity contribution is 5.84. The van der Waals surface area contributed by atoms with E-state index in [1.165, 1.54) is 12.8 Å². The molecule has 7 rings (SSSR count). The van der Waals surface area contributed by atoms with Crippen molar-refractivity contribution >= 4 is 5.91 Å². The van der Waals surface area contributed by atoms with Gasteiger partial charge in [-0.1, -0.05) is 6.07 Å². The van der Waals surface area contributed by atoms with Gasteiger partial charge in [0.25, 0.3) is 0 Å². The van der Waals surface area contributed by atoms with Gasteiger partial charge in [0, 0.05) is 38.9 Å². The average molecular weight is 393 g/mol. The molecule has 2 aromatic heterocycles. The molecular formula is C22H28N6O. The lowest BCUT2D eigenvalue weighted by atomic mass is 9.71. The minimum Gasteiger partial charge on any atom is -0.340 e. The molecule has 0 aromatic carbocycles. The molecule has 152 valence electrons. The largest absolute Gasteiger partial charge is 0.340 e. The van der Waals surface area contributed by atoms with E-state index in [-0.39, 0.29) is 11.0 Å². The number of carbonyl (C=O) groups excluding carboxylic acids is 1. The Balaban J connectivity index is 1.16. The molecule has 0 spiro atoms. The van der Waals surface area contributed by atoms with Crippen LogP contribution in [0.15, 0.2) is 37.1 Å². The summed E-state index contributed by atoms with van der Waals surface area (Å²) in [6.45, 7) is 4.40. The second kappa shape index (κ2) is 6.36. The van der Waals surface area contributed by atoms with Crippen LogP contribution in [0.25, 0.3) is 0 Å². The minimum absolute atomic E-state index is 0.0266. The number of rotatable bonds is 4. The van der Waals surface area contributed by atoms with Crippen molar-refractivity contribution in [1.82, 2.24) is 29.5 Å². The fraction of sp³-hybridized carbons (Fsp3) is 0.636. The van der Waals surface area contributed by atoms with E-state index in [1.54, 1.807) is 6.33 Å². The normalized spacial score (nSPS) is 36.1. The molecule has 5 fully saturated rings. The van der Waals surface area contributed by atoms with Gasteiger partial charge in [-0.15, -0.1) is 0 Å². The SMILES string of the molecule is O=C(N1CCN(Cc2ccccn2)CC1)C12CC3CC1CC(n1cncn1)(C3)C2. The Kier molecular flexibility index (Phi) is 3.85. The molecule has 5 aliphatic rings. The van der Waals surface area contributed by atoms with E-state index in [0.29, 0.717) is 17.7 Å². The van der Waals surface area contributed by atoms with Gasteiger partial charge in [-0.3, -0.25) is 14.7 Å². The summed E-state index contributed by atoms with van der Waals surface area (Å²) >= 11 is 0. The lowest BCUT2D eigenvalue weighted by Crippen LogP contribution is -2.54. The molecule has 7 heteroatoms. The maximum Gasteiger partial charge on any atom is 0.229 e. The first kappa shape index (κ1) is 17.6. The summed E-state index contributed by atoms with van der Waals surface area (Å²) in [5, 5.41) is 4.49. The third kappa shape index (κ3) is 2.66. The molecule has 29 heavy (non-hydrogen) atoms.